The van der Waals surface area contributed by atoms with E-state index in [1.165, 1.54) is 212 Å². The molecule has 0 bridgehead atoms. The van der Waals surface area contributed by atoms with E-state index >= 15 is 0 Å². The van der Waals surface area contributed by atoms with Crippen molar-refractivity contribution in [3.05, 3.63) is 0 Å². The molecule has 1 N–H and O–H groups in total. The SMILES string of the molecule is CCCCCCCCCCCCC(CCCCCCCCCCCC)CCCN(CCO)CCCCCCCCC. The molecule has 0 amide bonds. The van der Waals surface area contributed by atoms with Crippen LogP contribution in [0.3, 0.4) is 0 Å². The Morgan fingerprint density at radius 1 is 0.341 bits per heavy atom. The van der Waals surface area contributed by atoms with Crippen molar-refractivity contribution in [3.8, 4) is 0 Å². The number of aliphatic hydroxyl groups excluding tert-OH is 1. The Labute approximate surface area is 261 Å². The smallest absolute Gasteiger partial charge is 0.0558 e. The fourth-order valence-corrected chi connectivity index (χ4v) is 6.65. The van der Waals surface area contributed by atoms with Crippen LogP contribution in [0.2, 0.25) is 0 Å². The molecule has 41 heavy (non-hydrogen) atoms. The average molecular weight is 580 g/mol. The van der Waals surface area contributed by atoms with Crippen molar-refractivity contribution in [2.45, 2.75) is 220 Å². The topological polar surface area (TPSA) is 23.5 Å². The number of hydrogen-bond acceptors (Lipinski definition) is 2. The quantitative estimate of drug-likeness (QED) is 0.0746. The highest BCUT2D eigenvalue weighted by Crippen LogP contribution is 2.24. The van der Waals surface area contributed by atoms with Gasteiger partial charge < -0.3 is 10.0 Å². The van der Waals surface area contributed by atoms with Crippen LogP contribution in [0.5, 0.6) is 0 Å². The van der Waals surface area contributed by atoms with Crippen LogP contribution in [0.15, 0.2) is 0 Å². The Balaban J connectivity index is 4.22. The predicted octanol–water partition coefficient (Wildman–Crippen LogP) is 13.0. The summed E-state index contributed by atoms with van der Waals surface area (Å²) >= 11 is 0. The van der Waals surface area contributed by atoms with Crippen LogP contribution in [0.25, 0.3) is 0 Å². The summed E-state index contributed by atoms with van der Waals surface area (Å²) in [7, 11) is 0. The highest BCUT2D eigenvalue weighted by molar-refractivity contribution is 4.65. The first-order chi connectivity index (χ1) is 20.3. The van der Waals surface area contributed by atoms with Crippen LogP contribution in [0.4, 0.5) is 0 Å². The second-order valence-corrected chi connectivity index (χ2v) is 13.6. The van der Waals surface area contributed by atoms with Gasteiger partial charge in [-0.15, -0.1) is 0 Å². The highest BCUT2D eigenvalue weighted by atomic mass is 16.3. The van der Waals surface area contributed by atoms with Crippen LogP contribution >= 0.6 is 0 Å². The van der Waals surface area contributed by atoms with Gasteiger partial charge >= 0.3 is 0 Å². The molecule has 2 nitrogen and oxygen atoms in total. The van der Waals surface area contributed by atoms with Crippen molar-refractivity contribution in [2.75, 3.05) is 26.2 Å². The molecule has 0 saturated heterocycles. The zero-order valence-corrected chi connectivity index (χ0v) is 29.2. The van der Waals surface area contributed by atoms with Crippen molar-refractivity contribution in [2.24, 2.45) is 5.92 Å². The third kappa shape index (κ3) is 32.7. The zero-order valence-electron chi connectivity index (χ0n) is 29.2. The molecule has 0 aromatic heterocycles. The maximum Gasteiger partial charge on any atom is 0.0558 e. The minimum absolute atomic E-state index is 0.317. The summed E-state index contributed by atoms with van der Waals surface area (Å²) in [6.45, 7) is 10.5. The fraction of sp³-hybridized carbons (Fsp3) is 1.00. The third-order valence-corrected chi connectivity index (χ3v) is 9.51. The van der Waals surface area contributed by atoms with E-state index in [1.807, 2.05) is 0 Å². The van der Waals surface area contributed by atoms with Crippen LogP contribution < -0.4 is 0 Å². The molecule has 0 fully saturated rings. The van der Waals surface area contributed by atoms with Gasteiger partial charge in [0.1, 0.15) is 0 Å². The van der Waals surface area contributed by atoms with Crippen LogP contribution in [-0.2, 0) is 0 Å². The maximum absolute atomic E-state index is 9.62. The van der Waals surface area contributed by atoms with E-state index in [4.69, 9.17) is 0 Å². The molecule has 0 aliphatic heterocycles. The Hall–Kier alpha value is -0.0800. The molecular weight excluding hydrogens is 498 g/mol. The van der Waals surface area contributed by atoms with E-state index in [0.717, 1.165) is 12.5 Å². The van der Waals surface area contributed by atoms with Crippen molar-refractivity contribution < 1.29 is 5.11 Å². The highest BCUT2D eigenvalue weighted by Gasteiger charge is 2.11. The van der Waals surface area contributed by atoms with Gasteiger partial charge in [0, 0.05) is 6.54 Å². The maximum atomic E-state index is 9.62. The van der Waals surface area contributed by atoms with Crippen LogP contribution in [-0.4, -0.2) is 36.2 Å². The Bertz CT molecular complexity index is 429. The first-order valence-electron chi connectivity index (χ1n) is 19.6. The molecule has 0 rings (SSSR count). The monoisotopic (exact) mass is 580 g/mol. The number of nitrogens with zero attached hydrogens (tertiary/aromatic N) is 1. The molecule has 248 valence electrons. The summed E-state index contributed by atoms with van der Waals surface area (Å²) in [5, 5.41) is 9.62. The normalized spacial score (nSPS) is 11.9. The second kappa shape index (κ2) is 36.1. The largest absolute Gasteiger partial charge is 0.395 e. The Morgan fingerprint density at radius 3 is 1.00 bits per heavy atom. The molecule has 0 aromatic rings. The summed E-state index contributed by atoms with van der Waals surface area (Å²) in [6, 6.07) is 0. The summed E-state index contributed by atoms with van der Waals surface area (Å²) < 4.78 is 0. The summed E-state index contributed by atoms with van der Waals surface area (Å²) in [5.41, 5.74) is 0. The minimum atomic E-state index is 0.317. The molecule has 2 heteroatoms. The zero-order chi connectivity index (χ0) is 29.9. The minimum Gasteiger partial charge on any atom is -0.395 e. The molecule has 0 atom stereocenters. The molecule has 0 heterocycles. The molecule has 0 radical (unpaired) electrons. The van der Waals surface area contributed by atoms with E-state index in [0.29, 0.717) is 6.61 Å². The van der Waals surface area contributed by atoms with Gasteiger partial charge in [-0.2, -0.15) is 0 Å². The molecule has 0 unspecified atom stereocenters. The van der Waals surface area contributed by atoms with E-state index < -0.39 is 0 Å². The van der Waals surface area contributed by atoms with Gasteiger partial charge in [0.05, 0.1) is 6.61 Å². The lowest BCUT2D eigenvalue weighted by molar-refractivity contribution is 0.187. The van der Waals surface area contributed by atoms with E-state index in [-0.39, 0.29) is 0 Å². The van der Waals surface area contributed by atoms with Crippen molar-refractivity contribution >= 4 is 0 Å². The van der Waals surface area contributed by atoms with Gasteiger partial charge in [0.15, 0.2) is 0 Å². The van der Waals surface area contributed by atoms with Gasteiger partial charge in [-0.1, -0.05) is 201 Å². The molecule has 0 saturated carbocycles. The van der Waals surface area contributed by atoms with Crippen molar-refractivity contribution in [3.63, 3.8) is 0 Å². The molecule has 0 aliphatic carbocycles. The number of hydrogen-bond donors (Lipinski definition) is 1. The van der Waals surface area contributed by atoms with Gasteiger partial charge in [-0.3, -0.25) is 0 Å². The predicted molar refractivity (Wildman–Crippen MR) is 187 cm³/mol. The Morgan fingerprint density at radius 2 is 0.634 bits per heavy atom. The fourth-order valence-electron chi connectivity index (χ4n) is 6.65. The second-order valence-electron chi connectivity index (χ2n) is 13.6. The van der Waals surface area contributed by atoms with E-state index in [2.05, 4.69) is 25.7 Å². The molecule has 0 aliphatic rings. The van der Waals surface area contributed by atoms with Gasteiger partial charge in [0.2, 0.25) is 0 Å². The van der Waals surface area contributed by atoms with Crippen LogP contribution in [0, 0.1) is 5.92 Å². The van der Waals surface area contributed by atoms with Gasteiger partial charge in [-0.25, -0.2) is 0 Å². The van der Waals surface area contributed by atoms with Crippen LogP contribution in [0.1, 0.15) is 220 Å². The Kier molecular flexibility index (Phi) is 36.0. The lowest BCUT2D eigenvalue weighted by Crippen LogP contribution is -2.29. The summed E-state index contributed by atoms with van der Waals surface area (Å²) in [6.07, 6.45) is 44.2. The number of aliphatic hydroxyl groups is 1. The average Bonchev–Trinajstić information content (AvgIpc) is 2.98. The molecular formula is C39H81NO. The van der Waals surface area contributed by atoms with Crippen molar-refractivity contribution in [1.82, 2.24) is 4.90 Å². The lowest BCUT2D eigenvalue weighted by Gasteiger charge is -2.23. The van der Waals surface area contributed by atoms with E-state index in [9.17, 15) is 5.11 Å². The number of unbranched alkanes of at least 4 members (excludes halogenated alkanes) is 24. The third-order valence-electron chi connectivity index (χ3n) is 9.51. The summed E-state index contributed by atoms with van der Waals surface area (Å²) in [5.74, 6) is 0.938. The van der Waals surface area contributed by atoms with E-state index in [1.54, 1.807) is 0 Å². The first-order valence-corrected chi connectivity index (χ1v) is 19.6. The molecule has 0 spiro atoms. The lowest BCUT2D eigenvalue weighted by atomic mass is 9.90. The van der Waals surface area contributed by atoms with Gasteiger partial charge in [0.25, 0.3) is 0 Å². The standard InChI is InChI=1S/C39H81NO/c1-4-7-10-13-16-18-20-22-25-28-32-39(33-29-26-23-21-19-17-14-11-8-5-2)34-31-36-40(37-38-41)35-30-27-24-15-12-9-6-3/h39,41H,4-38H2,1-3H3. The van der Waals surface area contributed by atoms with Gasteiger partial charge in [-0.05, 0) is 38.3 Å². The molecule has 0 aromatic carbocycles. The number of rotatable bonds is 36. The van der Waals surface area contributed by atoms with Crippen molar-refractivity contribution in [1.29, 1.82) is 0 Å². The summed E-state index contributed by atoms with van der Waals surface area (Å²) in [4.78, 5) is 2.56. The first kappa shape index (κ1) is 40.9.